The fourth-order valence-corrected chi connectivity index (χ4v) is 22.1. The second-order valence-electron chi connectivity index (χ2n) is 27.2. The van der Waals surface area contributed by atoms with Crippen molar-refractivity contribution in [3.8, 4) is 23.7 Å². The molecule has 15 rings (SSSR count). The molecule has 396 valence electrons. The van der Waals surface area contributed by atoms with Crippen molar-refractivity contribution in [3.05, 3.63) is 94.6 Å². The van der Waals surface area contributed by atoms with E-state index in [1.54, 1.807) is 6.08 Å². The number of benzene rings is 2. The minimum absolute atomic E-state index is 0.114. The molecule has 8 saturated carbocycles. The van der Waals surface area contributed by atoms with Crippen LogP contribution in [0.15, 0.2) is 72.3 Å². The molecule has 9 nitrogen and oxygen atoms in total. The maximum atomic E-state index is 15.5. The number of likely N-dealkylation sites (N-methyl/N-ethyl adjacent to an activating group) is 1. The van der Waals surface area contributed by atoms with Crippen LogP contribution in [0, 0.1) is 117 Å². The summed E-state index contributed by atoms with van der Waals surface area (Å²) < 4.78 is 6.45. The summed E-state index contributed by atoms with van der Waals surface area (Å²) in [5.41, 5.74) is -3.68. The van der Waals surface area contributed by atoms with Gasteiger partial charge in [0, 0.05) is 59.6 Å². The van der Waals surface area contributed by atoms with Crippen molar-refractivity contribution in [3.63, 3.8) is 0 Å². The number of rotatable bonds is 6. The van der Waals surface area contributed by atoms with Crippen LogP contribution in [0.25, 0.3) is 0 Å². The molecule has 2 spiro atoms. The number of carbonyl (C=O) groups is 2. The van der Waals surface area contributed by atoms with E-state index in [-0.39, 0.29) is 79.3 Å². The van der Waals surface area contributed by atoms with E-state index in [0.29, 0.717) is 63.2 Å². The first-order valence-corrected chi connectivity index (χ1v) is 29.6. The van der Waals surface area contributed by atoms with Crippen LogP contribution in [-0.2, 0) is 33.8 Å². The molecular weight excluding hydrogens is 935 g/mol. The van der Waals surface area contributed by atoms with Gasteiger partial charge in [-0.05, 0) is 184 Å². The first kappa shape index (κ1) is 49.2. The molecule has 2 aromatic rings. The van der Waals surface area contributed by atoms with Crippen molar-refractivity contribution < 1.29 is 39.9 Å². The molecule has 8 fully saturated rings. The van der Waals surface area contributed by atoms with Gasteiger partial charge in [0.05, 0.1) is 29.3 Å². The van der Waals surface area contributed by atoms with Crippen molar-refractivity contribution in [1.29, 1.82) is 0 Å². The zero-order chi connectivity index (χ0) is 51.3. The Hall–Kier alpha value is -4.06. The minimum atomic E-state index is -1.87. The lowest BCUT2D eigenvalue weighted by molar-refractivity contribution is -0.361. The Morgan fingerprint density at radius 3 is 2.52 bits per heavy atom. The highest BCUT2D eigenvalue weighted by molar-refractivity contribution is 5.86. The molecule has 13 aliphatic rings. The summed E-state index contributed by atoms with van der Waals surface area (Å²) >= 11 is 0. The largest absolute Gasteiger partial charge is 0.454 e. The number of aldehydes is 1. The van der Waals surface area contributed by atoms with Gasteiger partial charge in [0.25, 0.3) is 0 Å². The van der Waals surface area contributed by atoms with Gasteiger partial charge < -0.3 is 40.4 Å². The van der Waals surface area contributed by atoms with Crippen molar-refractivity contribution in [2.75, 3.05) is 7.05 Å². The molecule has 12 aliphatic carbocycles. The summed E-state index contributed by atoms with van der Waals surface area (Å²) in [6.07, 6.45) is 20.2. The Morgan fingerprint density at radius 2 is 1.72 bits per heavy atom. The molecule has 0 amide bonds. The monoisotopic (exact) mass is 1010 g/mol. The van der Waals surface area contributed by atoms with Crippen LogP contribution in [0.5, 0.6) is 0 Å². The highest BCUT2D eigenvalue weighted by Crippen LogP contribution is 2.80. The molecule has 9 heteroatoms. The van der Waals surface area contributed by atoms with Gasteiger partial charge in [-0.3, -0.25) is 0 Å². The quantitative estimate of drug-likeness (QED) is 0.0727. The van der Waals surface area contributed by atoms with Crippen LogP contribution in [0.2, 0.25) is 0 Å². The van der Waals surface area contributed by atoms with Crippen molar-refractivity contribution >= 4 is 12.3 Å². The lowest BCUT2D eigenvalue weighted by atomic mass is 9.32. The Bertz CT molecular complexity index is 2830. The Kier molecular flexibility index (Phi) is 11.6. The fourth-order valence-electron chi connectivity index (χ4n) is 22.1. The second kappa shape index (κ2) is 17.7. The van der Waals surface area contributed by atoms with E-state index in [9.17, 15) is 25.2 Å². The molecule has 7 bridgehead atoms. The summed E-state index contributed by atoms with van der Waals surface area (Å²) in [7, 11) is 1.95. The van der Waals surface area contributed by atoms with Crippen LogP contribution >= 0.6 is 0 Å². The number of nitrogens with one attached hydrogen (secondary N) is 1. The van der Waals surface area contributed by atoms with Crippen molar-refractivity contribution in [2.24, 2.45) is 93.2 Å². The Labute approximate surface area is 444 Å². The number of allylic oxidation sites excluding steroid dienone is 2. The molecule has 1 aliphatic heterocycles. The summed E-state index contributed by atoms with van der Waals surface area (Å²) in [6.45, 7) is -0.120. The van der Waals surface area contributed by atoms with Crippen LogP contribution < -0.4 is 5.32 Å². The molecule has 21 atom stereocenters. The maximum absolute atomic E-state index is 15.5. The van der Waals surface area contributed by atoms with Gasteiger partial charge in [-0.2, -0.15) is 0 Å². The SMILES string of the molecule is CN[C@@H]1Cc2c(cccc2CO)C#CCC[C@]23C[C@H]4C#CC[C@@H](Cc5ccccc5)[C@H]5CC[C@@]6(C5)C[C@]5(C=O)[C@@H]4[C@@](O)(C[C@@H]4C[C@H]7[C@H](C=CC[C@@H]7C7CCCC7)C[C@H]([C@H]6O)[C@@]45O)[C@@]2(O)C[C@H]2C[C@H]1[C@H]1OC(=O)C=C1[C@@H]23. The van der Waals surface area contributed by atoms with E-state index in [2.05, 4.69) is 71.5 Å². The zero-order valence-electron chi connectivity index (χ0n) is 44.0. The van der Waals surface area contributed by atoms with E-state index < -0.39 is 68.9 Å². The molecule has 0 unspecified atom stereocenters. The average Bonchev–Trinajstić information content (AvgIpc) is 4.33. The normalized spacial score (nSPS) is 48.7. The van der Waals surface area contributed by atoms with E-state index in [0.717, 1.165) is 60.7 Å². The van der Waals surface area contributed by atoms with E-state index in [1.807, 2.05) is 25.2 Å². The average molecular weight is 1010 g/mol. The summed E-state index contributed by atoms with van der Waals surface area (Å²) in [4.78, 5) is 29.5. The minimum Gasteiger partial charge on any atom is -0.454 e. The van der Waals surface area contributed by atoms with Crippen LogP contribution in [-0.4, -0.2) is 79.9 Å². The van der Waals surface area contributed by atoms with Gasteiger partial charge in [0.15, 0.2) is 0 Å². The van der Waals surface area contributed by atoms with E-state index >= 15 is 9.90 Å². The molecule has 0 saturated heterocycles. The Morgan fingerprint density at radius 1 is 0.880 bits per heavy atom. The summed E-state index contributed by atoms with van der Waals surface area (Å²) in [5.74, 6) is 12.9. The zero-order valence-corrected chi connectivity index (χ0v) is 44.0. The van der Waals surface area contributed by atoms with Crippen molar-refractivity contribution in [1.82, 2.24) is 5.32 Å². The van der Waals surface area contributed by atoms with Gasteiger partial charge in [0.1, 0.15) is 18.0 Å². The number of fused-ring (bicyclic) bond motifs is 6. The van der Waals surface area contributed by atoms with E-state index in [4.69, 9.17) is 4.74 Å². The molecule has 6 N–H and O–H groups in total. The predicted octanol–water partition coefficient (Wildman–Crippen LogP) is 8.21. The number of aliphatic hydroxyl groups excluding tert-OH is 2. The number of hydrogen-bond donors (Lipinski definition) is 6. The highest BCUT2D eigenvalue weighted by atomic mass is 16.5. The molecular formula is C66H79NO8. The van der Waals surface area contributed by atoms with Gasteiger partial charge in [-0.25, -0.2) is 4.79 Å². The topological polar surface area (TPSA) is 157 Å². The molecule has 0 radical (unpaired) electrons. The standard InChI is InChI=1S/C66H79NO8/c1-67-55-30-50-41(17-9-21-46(50)36-68)16-7-8-24-62-33-45-20-10-18-42(26-39-12-3-2-4-13-39)44-23-25-61(32-44)37-63(38-69)59(45)64(72,65(62,73)34-47-27-52(55)58-53(57(47)62)31-56(70)75-58)35-48-29-51-43(28-54(60(61)71)66(48,63)74)19-11-22-49(51)40-14-5-6-15-40/h2-4,9,11-13,17,19,21,31,38,40,42-45,47-49,51-52,54-55,57-60,67-68,71-74H,5-6,8,14-15,18,22-30,32-37H2,1H3/t42-,43+,44-,45+,47+,48-,49+,51-,52+,54+,55+,57+,58+,59+,60+,61+,62+,63-,64-,65+,66-/m0/s1. The van der Waals surface area contributed by atoms with Crippen molar-refractivity contribution in [2.45, 2.75) is 170 Å². The first-order chi connectivity index (χ1) is 36.3. The third-order valence-electron chi connectivity index (χ3n) is 24.7. The third kappa shape index (κ3) is 6.73. The molecule has 1 heterocycles. The number of esters is 1. The lowest BCUT2D eigenvalue weighted by Crippen LogP contribution is -2.83. The second-order valence-corrected chi connectivity index (χ2v) is 27.2. The molecule has 75 heavy (non-hydrogen) atoms. The fraction of sp³-hybridized carbons (Fsp3) is 0.667. The number of ether oxygens (including phenoxy) is 1. The van der Waals surface area contributed by atoms with Crippen LogP contribution in [0.3, 0.4) is 0 Å². The van der Waals surface area contributed by atoms with E-state index in [1.165, 1.54) is 31.2 Å². The van der Waals surface area contributed by atoms with Gasteiger partial charge in [0.2, 0.25) is 0 Å². The summed E-state index contributed by atoms with van der Waals surface area (Å²) in [6, 6.07) is 16.4. The third-order valence-corrected chi connectivity index (χ3v) is 24.7. The smallest absolute Gasteiger partial charge is 0.331 e. The first-order valence-electron chi connectivity index (χ1n) is 29.6. The van der Waals surface area contributed by atoms with Crippen LogP contribution in [0.4, 0.5) is 0 Å². The molecule has 2 aromatic carbocycles. The maximum Gasteiger partial charge on any atom is 0.331 e. The number of aliphatic hydroxyl groups is 5. The predicted molar refractivity (Wildman–Crippen MR) is 284 cm³/mol. The van der Waals surface area contributed by atoms with Gasteiger partial charge >= 0.3 is 5.97 Å². The van der Waals surface area contributed by atoms with Gasteiger partial charge in [-0.1, -0.05) is 98.1 Å². The van der Waals surface area contributed by atoms with Gasteiger partial charge in [-0.15, -0.1) is 5.92 Å². The van der Waals surface area contributed by atoms with Crippen LogP contribution in [0.1, 0.15) is 138 Å². The number of carbonyl (C=O) groups excluding carboxylic acids is 2. The lowest BCUT2D eigenvalue weighted by Gasteiger charge is -2.74. The summed E-state index contributed by atoms with van der Waals surface area (Å²) in [5, 5.41) is 72.7. The molecule has 0 aromatic heterocycles. The number of hydrogen-bond acceptors (Lipinski definition) is 9. The Balaban J connectivity index is 0.994. The highest BCUT2D eigenvalue weighted by Gasteiger charge is 2.86.